The highest BCUT2D eigenvalue weighted by molar-refractivity contribution is 6.26. The van der Waals surface area contributed by atoms with E-state index < -0.39 is 5.91 Å². The van der Waals surface area contributed by atoms with Crippen LogP contribution in [0.5, 0.6) is 0 Å². The summed E-state index contributed by atoms with van der Waals surface area (Å²) in [6, 6.07) is 4.97. The van der Waals surface area contributed by atoms with Crippen LogP contribution in [0.2, 0.25) is 0 Å². The Labute approximate surface area is 184 Å². The maximum Gasteiger partial charge on any atom is 0.264 e. The van der Waals surface area contributed by atoms with Crippen molar-refractivity contribution in [3.8, 4) is 0 Å². The summed E-state index contributed by atoms with van der Waals surface area (Å²) >= 11 is 0. The van der Waals surface area contributed by atoms with Crippen LogP contribution in [0.4, 0.5) is 5.69 Å². The van der Waals surface area contributed by atoms with Gasteiger partial charge in [-0.05, 0) is 61.1 Å². The van der Waals surface area contributed by atoms with E-state index in [0.717, 1.165) is 42.5 Å². The molecule has 0 aromatic heterocycles. The maximum atomic E-state index is 12.8. The molecule has 1 fully saturated rings. The van der Waals surface area contributed by atoms with Crippen molar-refractivity contribution in [2.45, 2.75) is 59.5 Å². The summed E-state index contributed by atoms with van der Waals surface area (Å²) in [4.78, 5) is 35.5. The van der Waals surface area contributed by atoms with Crippen molar-refractivity contribution in [1.82, 2.24) is 10.6 Å². The number of carbonyl (C=O) groups excluding carboxylic acids is 3. The predicted octanol–water partition coefficient (Wildman–Crippen LogP) is 2.39. The van der Waals surface area contributed by atoms with E-state index in [1.54, 1.807) is 18.2 Å². The van der Waals surface area contributed by atoms with E-state index >= 15 is 0 Å². The lowest BCUT2D eigenvalue weighted by molar-refractivity contribution is -0.113. The Hall–Kier alpha value is -2.74. The Kier molecular flexibility index (Phi) is 7.95. The van der Waals surface area contributed by atoms with Crippen molar-refractivity contribution in [2.24, 2.45) is 15.9 Å². The molecule has 1 aliphatic rings. The third-order valence-electron chi connectivity index (χ3n) is 5.81. The molecule has 2 atom stereocenters. The van der Waals surface area contributed by atoms with Crippen LogP contribution in [0.25, 0.3) is 0 Å². The van der Waals surface area contributed by atoms with Crippen LogP contribution in [0, 0.1) is 17.8 Å². The van der Waals surface area contributed by atoms with Crippen molar-refractivity contribution in [3.63, 3.8) is 0 Å². The second-order valence-corrected chi connectivity index (χ2v) is 9.53. The molecule has 170 valence electrons. The lowest BCUT2D eigenvalue weighted by Crippen LogP contribution is -2.40. The van der Waals surface area contributed by atoms with E-state index in [9.17, 15) is 19.5 Å². The van der Waals surface area contributed by atoms with Gasteiger partial charge in [-0.25, -0.2) is 5.01 Å². The first-order chi connectivity index (χ1) is 14.5. The maximum absolute atomic E-state index is 12.8. The summed E-state index contributed by atoms with van der Waals surface area (Å²) in [7, 11) is 1.46. The quantitative estimate of drug-likeness (QED) is 0.334. The lowest BCUT2D eigenvalue weighted by atomic mass is 9.62. The highest BCUT2D eigenvalue weighted by Gasteiger charge is 2.40. The number of aryl methyl sites for hydroxylation is 1. The number of rotatable bonds is 8. The lowest BCUT2D eigenvalue weighted by Gasteiger charge is -2.45. The van der Waals surface area contributed by atoms with Gasteiger partial charge in [0.2, 0.25) is 6.41 Å². The van der Waals surface area contributed by atoms with Crippen LogP contribution in [-0.4, -0.2) is 49.2 Å². The minimum Gasteiger partial charge on any atom is -0.393 e. The number of carbonyl (C=O) groups is 3. The number of hydrogen-bond acceptors (Lipinski definition) is 5. The van der Waals surface area contributed by atoms with E-state index in [2.05, 4.69) is 36.5 Å². The third kappa shape index (κ3) is 6.89. The van der Waals surface area contributed by atoms with Gasteiger partial charge >= 0.3 is 0 Å². The van der Waals surface area contributed by atoms with E-state index in [1.807, 2.05) is 6.92 Å². The molecule has 3 amide bonds. The Bertz CT molecular complexity index is 852. The van der Waals surface area contributed by atoms with Crippen molar-refractivity contribution >= 4 is 30.1 Å². The average molecular weight is 431 g/mol. The monoisotopic (exact) mass is 430 g/mol. The van der Waals surface area contributed by atoms with Crippen LogP contribution in [-0.2, 0) is 9.59 Å². The molecule has 2 rings (SSSR count). The van der Waals surface area contributed by atoms with Crippen molar-refractivity contribution in [1.29, 1.82) is 0 Å². The smallest absolute Gasteiger partial charge is 0.264 e. The fourth-order valence-corrected chi connectivity index (χ4v) is 4.67. The van der Waals surface area contributed by atoms with Gasteiger partial charge < -0.3 is 15.7 Å². The van der Waals surface area contributed by atoms with Gasteiger partial charge in [0.25, 0.3) is 11.8 Å². The molecule has 0 radical (unpaired) electrons. The van der Waals surface area contributed by atoms with Crippen LogP contribution < -0.4 is 15.6 Å². The molecule has 0 bridgehead atoms. The van der Waals surface area contributed by atoms with Gasteiger partial charge in [-0.2, -0.15) is 5.10 Å². The summed E-state index contributed by atoms with van der Waals surface area (Å²) in [6.07, 6.45) is 4.47. The second-order valence-electron chi connectivity index (χ2n) is 9.53. The summed E-state index contributed by atoms with van der Waals surface area (Å²) in [5, 5.41) is 20.4. The van der Waals surface area contributed by atoms with Crippen molar-refractivity contribution < 1.29 is 19.5 Å². The van der Waals surface area contributed by atoms with E-state index in [1.165, 1.54) is 7.05 Å². The molecule has 8 heteroatoms. The summed E-state index contributed by atoms with van der Waals surface area (Å²) in [5.41, 5.74) is 1.63. The van der Waals surface area contributed by atoms with Gasteiger partial charge in [-0.3, -0.25) is 14.4 Å². The molecule has 0 saturated heterocycles. The number of nitrogens with zero attached hydrogens (tertiary/aromatic N) is 2. The Morgan fingerprint density at radius 3 is 2.61 bits per heavy atom. The standard InChI is InChI=1S/C23H34N4O4/c1-16-6-7-17(27(15-28)26-13-20(30)24-5)10-19(16)21(31)25-9-8-23(4)12-18(29)11-22(2,3)14-23/h6-7,10,13,15,18,29H,8-9,11-12,14H2,1-5H3,(H,24,30)(H,25,31)/b26-13-. The first-order valence-electron chi connectivity index (χ1n) is 10.6. The highest BCUT2D eigenvalue weighted by atomic mass is 16.3. The molecule has 0 spiro atoms. The zero-order valence-electron chi connectivity index (χ0n) is 19.1. The fourth-order valence-electron chi connectivity index (χ4n) is 4.67. The van der Waals surface area contributed by atoms with Gasteiger partial charge in [0.05, 0.1) is 11.8 Å². The summed E-state index contributed by atoms with van der Waals surface area (Å²) in [5.74, 6) is -0.680. The Balaban J connectivity index is 2.06. The first kappa shape index (κ1) is 24.5. The molecule has 1 aromatic carbocycles. The topological polar surface area (TPSA) is 111 Å². The summed E-state index contributed by atoms with van der Waals surface area (Å²) in [6.45, 7) is 8.83. The predicted molar refractivity (Wildman–Crippen MR) is 121 cm³/mol. The zero-order valence-corrected chi connectivity index (χ0v) is 19.1. The zero-order chi connectivity index (χ0) is 23.2. The number of hydrazone groups is 1. The van der Waals surface area contributed by atoms with Gasteiger partial charge in [-0.15, -0.1) is 0 Å². The largest absolute Gasteiger partial charge is 0.393 e. The van der Waals surface area contributed by atoms with E-state index in [0.29, 0.717) is 24.2 Å². The SMILES string of the molecule is CNC(=O)/C=N\N(C=O)c1ccc(C)c(C(=O)NCCC2(C)CC(O)CC(C)(C)C2)c1. The van der Waals surface area contributed by atoms with Gasteiger partial charge in [-0.1, -0.05) is 26.8 Å². The number of aliphatic hydroxyl groups excluding tert-OH is 1. The minimum absolute atomic E-state index is 0.0335. The molecule has 0 aliphatic heterocycles. The molecular formula is C23H34N4O4. The van der Waals surface area contributed by atoms with Crippen molar-refractivity contribution in [3.05, 3.63) is 29.3 Å². The Morgan fingerprint density at radius 1 is 1.29 bits per heavy atom. The Morgan fingerprint density at radius 2 is 2.00 bits per heavy atom. The molecular weight excluding hydrogens is 396 g/mol. The van der Waals surface area contributed by atoms with E-state index in [-0.39, 0.29) is 22.8 Å². The average Bonchev–Trinajstić information content (AvgIpc) is 2.66. The first-order valence-corrected chi connectivity index (χ1v) is 10.6. The molecule has 3 N–H and O–H groups in total. The molecule has 0 heterocycles. The molecule has 31 heavy (non-hydrogen) atoms. The number of amides is 3. The highest BCUT2D eigenvalue weighted by Crippen LogP contribution is 2.47. The van der Waals surface area contributed by atoms with Gasteiger partial charge in [0, 0.05) is 19.2 Å². The molecule has 8 nitrogen and oxygen atoms in total. The molecule has 1 aromatic rings. The van der Waals surface area contributed by atoms with Crippen LogP contribution in [0.15, 0.2) is 23.3 Å². The normalized spacial score (nSPS) is 22.7. The van der Waals surface area contributed by atoms with Crippen molar-refractivity contribution in [2.75, 3.05) is 18.6 Å². The number of aliphatic hydroxyl groups is 1. The van der Waals surface area contributed by atoms with Gasteiger partial charge in [0.1, 0.15) is 6.21 Å². The van der Waals surface area contributed by atoms with Crippen LogP contribution >= 0.6 is 0 Å². The number of benzene rings is 1. The molecule has 1 saturated carbocycles. The molecule has 2 unspecified atom stereocenters. The minimum atomic E-state index is -0.443. The number of anilines is 1. The van der Waals surface area contributed by atoms with E-state index in [4.69, 9.17) is 0 Å². The number of nitrogens with one attached hydrogen (secondary N) is 2. The van der Waals surface area contributed by atoms with Gasteiger partial charge in [0.15, 0.2) is 0 Å². The third-order valence-corrected chi connectivity index (χ3v) is 5.81. The molecule has 1 aliphatic carbocycles. The number of hydrogen-bond donors (Lipinski definition) is 3. The summed E-state index contributed by atoms with van der Waals surface area (Å²) < 4.78 is 0. The second kappa shape index (κ2) is 10.0. The fraction of sp³-hybridized carbons (Fsp3) is 0.565. The van der Waals surface area contributed by atoms with Crippen LogP contribution in [0.3, 0.4) is 0 Å². The van der Waals surface area contributed by atoms with Crippen LogP contribution in [0.1, 0.15) is 62.4 Å².